The second-order valence-electron chi connectivity index (χ2n) is 6.35. The fourth-order valence-electron chi connectivity index (χ4n) is 3.03. The standard InChI is InChI=1S/C21H19N5O/c1-15-14-18(17-4-2-3-5-19(17)23-15)21(27)24-20-9-13-26(25-20)12-8-16-6-10-22-11-7-16/h2-7,9-11,13-14H,8,12H2,1H3,(H,24,25,27). The van der Waals surface area contributed by atoms with Crippen molar-refractivity contribution in [3.8, 4) is 0 Å². The summed E-state index contributed by atoms with van der Waals surface area (Å²) in [4.78, 5) is 21.3. The summed E-state index contributed by atoms with van der Waals surface area (Å²) in [6, 6.07) is 15.2. The fraction of sp³-hybridized carbons (Fsp3) is 0.143. The summed E-state index contributed by atoms with van der Waals surface area (Å²) in [5.41, 5.74) is 3.42. The third kappa shape index (κ3) is 3.84. The lowest BCUT2D eigenvalue weighted by Gasteiger charge is -2.07. The Kier molecular flexibility index (Phi) is 4.61. The minimum atomic E-state index is -0.184. The number of nitrogens with one attached hydrogen (secondary N) is 1. The lowest BCUT2D eigenvalue weighted by molar-refractivity contribution is 0.102. The molecule has 3 aromatic heterocycles. The van der Waals surface area contributed by atoms with E-state index in [0.717, 1.165) is 29.6 Å². The van der Waals surface area contributed by atoms with Crippen LogP contribution in [0.15, 0.2) is 67.1 Å². The second-order valence-corrected chi connectivity index (χ2v) is 6.35. The van der Waals surface area contributed by atoms with Crippen LogP contribution >= 0.6 is 0 Å². The Morgan fingerprint density at radius 1 is 1.11 bits per heavy atom. The molecule has 6 nitrogen and oxygen atoms in total. The Bertz CT molecular complexity index is 1090. The van der Waals surface area contributed by atoms with Crippen LogP contribution in [0.5, 0.6) is 0 Å². The maximum Gasteiger partial charge on any atom is 0.257 e. The summed E-state index contributed by atoms with van der Waals surface area (Å²) in [6.45, 7) is 2.62. The molecule has 0 fully saturated rings. The number of rotatable bonds is 5. The minimum Gasteiger partial charge on any atom is -0.305 e. The SMILES string of the molecule is Cc1cc(C(=O)Nc2ccn(CCc3ccncc3)n2)c2ccccc2n1. The number of nitrogens with zero attached hydrogens (tertiary/aromatic N) is 4. The highest BCUT2D eigenvalue weighted by molar-refractivity contribution is 6.12. The van der Waals surface area contributed by atoms with Crippen molar-refractivity contribution in [1.29, 1.82) is 0 Å². The van der Waals surface area contributed by atoms with Gasteiger partial charge in [0.05, 0.1) is 11.1 Å². The normalized spacial score (nSPS) is 10.9. The Hall–Kier alpha value is -3.54. The first-order valence-corrected chi connectivity index (χ1v) is 8.79. The van der Waals surface area contributed by atoms with Crippen molar-refractivity contribution in [3.63, 3.8) is 0 Å². The van der Waals surface area contributed by atoms with Crippen LogP contribution in [0.2, 0.25) is 0 Å². The van der Waals surface area contributed by atoms with E-state index in [0.29, 0.717) is 11.4 Å². The zero-order chi connectivity index (χ0) is 18.6. The average molecular weight is 357 g/mol. The molecule has 0 saturated heterocycles. The third-order valence-electron chi connectivity index (χ3n) is 4.35. The Morgan fingerprint density at radius 3 is 2.78 bits per heavy atom. The number of fused-ring (bicyclic) bond motifs is 1. The number of para-hydroxylation sites is 1. The van der Waals surface area contributed by atoms with Crippen LogP contribution in [0.25, 0.3) is 10.9 Å². The Balaban J connectivity index is 1.48. The number of hydrogen-bond acceptors (Lipinski definition) is 4. The van der Waals surface area contributed by atoms with E-state index in [-0.39, 0.29) is 5.91 Å². The van der Waals surface area contributed by atoms with Gasteiger partial charge < -0.3 is 5.32 Å². The molecule has 134 valence electrons. The van der Waals surface area contributed by atoms with Crippen LogP contribution in [-0.2, 0) is 13.0 Å². The second kappa shape index (κ2) is 7.37. The first-order chi connectivity index (χ1) is 13.2. The molecule has 6 heteroatoms. The van der Waals surface area contributed by atoms with Crippen molar-refractivity contribution >= 4 is 22.6 Å². The van der Waals surface area contributed by atoms with Gasteiger partial charge in [0.1, 0.15) is 0 Å². The van der Waals surface area contributed by atoms with Gasteiger partial charge >= 0.3 is 0 Å². The quantitative estimate of drug-likeness (QED) is 0.592. The lowest BCUT2D eigenvalue weighted by Crippen LogP contribution is -2.14. The summed E-state index contributed by atoms with van der Waals surface area (Å²) in [5.74, 6) is 0.351. The molecule has 0 aliphatic rings. The van der Waals surface area contributed by atoms with Crippen molar-refractivity contribution in [2.45, 2.75) is 19.9 Å². The van der Waals surface area contributed by atoms with Gasteiger partial charge in [0, 0.05) is 42.3 Å². The summed E-state index contributed by atoms with van der Waals surface area (Å²) in [5, 5.41) is 8.17. The summed E-state index contributed by atoms with van der Waals surface area (Å²) >= 11 is 0. The van der Waals surface area contributed by atoms with E-state index >= 15 is 0 Å². The Labute approximate surface area is 156 Å². The van der Waals surface area contributed by atoms with Crippen LogP contribution in [0.4, 0.5) is 5.82 Å². The molecule has 3 heterocycles. The third-order valence-corrected chi connectivity index (χ3v) is 4.35. The van der Waals surface area contributed by atoms with Gasteiger partial charge in [-0.3, -0.25) is 19.4 Å². The maximum absolute atomic E-state index is 12.8. The molecule has 0 radical (unpaired) electrons. The fourth-order valence-corrected chi connectivity index (χ4v) is 3.03. The molecule has 1 N–H and O–H groups in total. The molecule has 0 atom stereocenters. The maximum atomic E-state index is 12.8. The molecule has 4 aromatic rings. The number of carbonyl (C=O) groups excluding carboxylic acids is 1. The zero-order valence-corrected chi connectivity index (χ0v) is 15.0. The highest BCUT2D eigenvalue weighted by atomic mass is 16.1. The Morgan fingerprint density at radius 2 is 1.93 bits per heavy atom. The molecule has 1 amide bonds. The molecule has 0 spiro atoms. The van der Waals surface area contributed by atoms with E-state index in [2.05, 4.69) is 20.4 Å². The number of aryl methyl sites for hydroxylation is 3. The highest BCUT2D eigenvalue weighted by Gasteiger charge is 2.13. The van der Waals surface area contributed by atoms with E-state index in [9.17, 15) is 4.79 Å². The molecular formula is C21H19N5O. The number of pyridine rings is 2. The predicted molar refractivity (Wildman–Crippen MR) is 105 cm³/mol. The molecule has 0 unspecified atom stereocenters. The molecule has 4 rings (SSSR count). The van der Waals surface area contributed by atoms with Crippen LogP contribution in [-0.4, -0.2) is 25.7 Å². The van der Waals surface area contributed by atoms with Gasteiger partial charge in [0.15, 0.2) is 5.82 Å². The van der Waals surface area contributed by atoms with Gasteiger partial charge in [-0.25, -0.2) is 0 Å². The van der Waals surface area contributed by atoms with Crippen LogP contribution < -0.4 is 5.32 Å². The van der Waals surface area contributed by atoms with Crippen molar-refractivity contribution in [3.05, 3.63) is 83.9 Å². The summed E-state index contributed by atoms with van der Waals surface area (Å²) in [6.07, 6.45) is 6.29. The van der Waals surface area contributed by atoms with E-state index in [4.69, 9.17) is 0 Å². The van der Waals surface area contributed by atoms with Gasteiger partial charge in [-0.2, -0.15) is 5.10 Å². The average Bonchev–Trinajstić information content (AvgIpc) is 3.13. The van der Waals surface area contributed by atoms with Crippen molar-refractivity contribution in [2.75, 3.05) is 5.32 Å². The number of anilines is 1. The molecule has 0 saturated carbocycles. The lowest BCUT2D eigenvalue weighted by atomic mass is 10.1. The van der Waals surface area contributed by atoms with Gasteiger partial charge in [-0.05, 0) is 43.2 Å². The number of carbonyl (C=O) groups is 1. The molecule has 1 aromatic carbocycles. The molecule has 0 aliphatic heterocycles. The molecule has 0 aliphatic carbocycles. The van der Waals surface area contributed by atoms with Crippen molar-refractivity contribution < 1.29 is 4.79 Å². The van der Waals surface area contributed by atoms with Crippen LogP contribution in [0, 0.1) is 6.92 Å². The number of aromatic nitrogens is 4. The van der Waals surface area contributed by atoms with Crippen molar-refractivity contribution in [1.82, 2.24) is 19.7 Å². The zero-order valence-electron chi connectivity index (χ0n) is 15.0. The predicted octanol–water partition coefficient (Wildman–Crippen LogP) is 3.63. The van der Waals surface area contributed by atoms with Crippen molar-refractivity contribution in [2.24, 2.45) is 0 Å². The summed E-state index contributed by atoms with van der Waals surface area (Å²) in [7, 11) is 0. The van der Waals surface area contributed by atoms with E-state index in [1.807, 2.05) is 54.2 Å². The highest BCUT2D eigenvalue weighted by Crippen LogP contribution is 2.19. The van der Waals surface area contributed by atoms with E-state index in [1.165, 1.54) is 5.56 Å². The van der Waals surface area contributed by atoms with Gasteiger partial charge in [0.2, 0.25) is 0 Å². The first-order valence-electron chi connectivity index (χ1n) is 8.79. The van der Waals surface area contributed by atoms with Crippen LogP contribution in [0.3, 0.4) is 0 Å². The van der Waals surface area contributed by atoms with Crippen LogP contribution in [0.1, 0.15) is 21.6 Å². The molecular weight excluding hydrogens is 338 g/mol. The van der Waals surface area contributed by atoms with Gasteiger partial charge in [0.25, 0.3) is 5.91 Å². The molecule has 0 bridgehead atoms. The minimum absolute atomic E-state index is 0.184. The topological polar surface area (TPSA) is 72.7 Å². The summed E-state index contributed by atoms with van der Waals surface area (Å²) < 4.78 is 1.83. The number of amides is 1. The first kappa shape index (κ1) is 16.9. The number of benzene rings is 1. The smallest absolute Gasteiger partial charge is 0.257 e. The number of hydrogen-bond donors (Lipinski definition) is 1. The van der Waals surface area contributed by atoms with Gasteiger partial charge in [-0.15, -0.1) is 0 Å². The van der Waals surface area contributed by atoms with E-state index in [1.54, 1.807) is 24.5 Å². The molecule has 27 heavy (non-hydrogen) atoms. The largest absolute Gasteiger partial charge is 0.305 e. The van der Waals surface area contributed by atoms with E-state index < -0.39 is 0 Å². The van der Waals surface area contributed by atoms with Gasteiger partial charge in [-0.1, -0.05) is 18.2 Å². The monoisotopic (exact) mass is 357 g/mol.